The molecule has 1 heterocycles. The van der Waals surface area contributed by atoms with Crippen LogP contribution in [0.15, 0.2) is 66.9 Å². The summed E-state index contributed by atoms with van der Waals surface area (Å²) in [4.78, 5) is 16.6. The van der Waals surface area contributed by atoms with E-state index in [-0.39, 0.29) is 12.3 Å². The fourth-order valence-electron chi connectivity index (χ4n) is 2.95. The Morgan fingerprint density at radius 1 is 1.13 bits per heavy atom. The van der Waals surface area contributed by atoms with Crippen molar-refractivity contribution in [3.8, 4) is 16.9 Å². The van der Waals surface area contributed by atoms with E-state index in [9.17, 15) is 9.90 Å². The Hall–Kier alpha value is -2.89. The number of amides is 1. The van der Waals surface area contributed by atoms with Gasteiger partial charge in [-0.25, -0.2) is 0 Å². The molecular weight excluding hydrogens is 412 g/mol. The molecule has 0 saturated heterocycles. The molecular formula is C25H27ClN2O3. The fraction of sp³-hybridized carbons (Fsp3) is 0.280. The van der Waals surface area contributed by atoms with Crippen molar-refractivity contribution in [3.05, 3.63) is 83.1 Å². The van der Waals surface area contributed by atoms with Gasteiger partial charge in [-0.05, 0) is 43.7 Å². The highest BCUT2D eigenvalue weighted by molar-refractivity contribution is 6.33. The molecule has 0 aliphatic rings. The van der Waals surface area contributed by atoms with Crippen LogP contribution in [0.5, 0.6) is 5.75 Å². The lowest BCUT2D eigenvalue weighted by molar-refractivity contribution is -0.120. The molecule has 0 spiro atoms. The van der Waals surface area contributed by atoms with Gasteiger partial charge in [-0.1, -0.05) is 48.0 Å². The number of aromatic nitrogens is 1. The lowest BCUT2D eigenvalue weighted by atomic mass is 10.1. The van der Waals surface area contributed by atoms with Crippen molar-refractivity contribution in [3.63, 3.8) is 0 Å². The summed E-state index contributed by atoms with van der Waals surface area (Å²) in [5.74, 6) is 0.576. The Bertz CT molecular complexity index is 1000. The van der Waals surface area contributed by atoms with Crippen molar-refractivity contribution < 1.29 is 14.6 Å². The van der Waals surface area contributed by atoms with Gasteiger partial charge >= 0.3 is 0 Å². The normalized spacial score (nSPS) is 11.2. The van der Waals surface area contributed by atoms with E-state index < -0.39 is 5.60 Å². The molecule has 0 aliphatic carbocycles. The van der Waals surface area contributed by atoms with Gasteiger partial charge in [-0.15, -0.1) is 0 Å². The van der Waals surface area contributed by atoms with Crippen molar-refractivity contribution in [2.45, 2.75) is 38.8 Å². The number of aliphatic hydroxyl groups is 1. The van der Waals surface area contributed by atoms with E-state index in [0.717, 1.165) is 16.7 Å². The van der Waals surface area contributed by atoms with Crippen LogP contribution in [0.1, 0.15) is 31.5 Å². The van der Waals surface area contributed by atoms with Crippen LogP contribution in [0.25, 0.3) is 11.1 Å². The molecule has 3 rings (SSSR count). The first-order valence-electron chi connectivity index (χ1n) is 10.2. The second kappa shape index (κ2) is 10.4. The van der Waals surface area contributed by atoms with Crippen LogP contribution < -0.4 is 10.1 Å². The molecule has 3 aromatic rings. The van der Waals surface area contributed by atoms with Gasteiger partial charge in [0, 0.05) is 36.0 Å². The largest absolute Gasteiger partial charge is 0.493 e. The number of carbonyl (C=O) groups excluding carboxylic acids is 1. The highest BCUT2D eigenvalue weighted by Crippen LogP contribution is 2.31. The number of halogens is 1. The van der Waals surface area contributed by atoms with Crippen molar-refractivity contribution in [1.29, 1.82) is 0 Å². The second-order valence-corrected chi connectivity index (χ2v) is 8.44. The Morgan fingerprint density at radius 2 is 1.90 bits per heavy atom. The average molecular weight is 439 g/mol. The fourth-order valence-corrected chi connectivity index (χ4v) is 3.23. The summed E-state index contributed by atoms with van der Waals surface area (Å²) < 4.78 is 5.67. The Kier molecular flexibility index (Phi) is 7.66. The van der Waals surface area contributed by atoms with E-state index >= 15 is 0 Å². The molecule has 0 atom stereocenters. The second-order valence-electron chi connectivity index (χ2n) is 8.03. The lowest BCUT2D eigenvalue weighted by Crippen LogP contribution is -2.24. The molecule has 0 aliphatic heterocycles. The summed E-state index contributed by atoms with van der Waals surface area (Å²) in [6.07, 6.45) is 2.46. The molecule has 1 aromatic heterocycles. The monoisotopic (exact) mass is 438 g/mol. The van der Waals surface area contributed by atoms with Crippen molar-refractivity contribution in [2.75, 3.05) is 6.61 Å². The summed E-state index contributed by atoms with van der Waals surface area (Å²) in [5.41, 5.74) is 2.68. The number of nitrogens with zero attached hydrogens (tertiary/aromatic N) is 1. The van der Waals surface area contributed by atoms with E-state index in [0.29, 0.717) is 36.0 Å². The van der Waals surface area contributed by atoms with Crippen molar-refractivity contribution in [1.82, 2.24) is 10.3 Å². The summed E-state index contributed by atoms with van der Waals surface area (Å²) in [6.45, 7) is 4.39. The quantitative estimate of drug-likeness (QED) is 0.503. The maximum atomic E-state index is 12.2. The minimum Gasteiger partial charge on any atom is -0.493 e. The minimum absolute atomic E-state index is 0.0744. The molecule has 0 unspecified atom stereocenters. The zero-order valence-corrected chi connectivity index (χ0v) is 18.5. The maximum Gasteiger partial charge on any atom is 0.226 e. The van der Waals surface area contributed by atoms with Gasteiger partial charge in [-0.2, -0.15) is 0 Å². The number of hydrogen-bond acceptors (Lipinski definition) is 4. The van der Waals surface area contributed by atoms with E-state index in [2.05, 4.69) is 10.3 Å². The smallest absolute Gasteiger partial charge is 0.226 e. The summed E-state index contributed by atoms with van der Waals surface area (Å²) in [6, 6.07) is 19.0. The predicted molar refractivity (Wildman–Crippen MR) is 123 cm³/mol. The van der Waals surface area contributed by atoms with Gasteiger partial charge in [-0.3, -0.25) is 9.78 Å². The summed E-state index contributed by atoms with van der Waals surface area (Å²) in [7, 11) is 0. The molecule has 2 N–H and O–H groups in total. The average Bonchev–Trinajstić information content (AvgIpc) is 2.73. The van der Waals surface area contributed by atoms with E-state index in [1.807, 2.05) is 54.6 Å². The first-order valence-corrected chi connectivity index (χ1v) is 10.6. The van der Waals surface area contributed by atoms with Crippen LogP contribution in [0, 0.1) is 0 Å². The van der Waals surface area contributed by atoms with E-state index in [4.69, 9.17) is 16.3 Å². The third-order valence-electron chi connectivity index (χ3n) is 4.73. The Labute approximate surface area is 188 Å². The number of benzene rings is 2. The minimum atomic E-state index is -0.768. The number of rotatable bonds is 9. The first kappa shape index (κ1) is 22.8. The molecule has 0 bridgehead atoms. The maximum absolute atomic E-state index is 12.2. The van der Waals surface area contributed by atoms with Crippen LogP contribution in [0.4, 0.5) is 0 Å². The number of pyridine rings is 1. The van der Waals surface area contributed by atoms with Crippen LogP contribution in [-0.2, 0) is 17.8 Å². The van der Waals surface area contributed by atoms with Crippen LogP contribution in [0.2, 0.25) is 5.02 Å². The molecule has 162 valence electrons. The number of ether oxygens (including phenoxy) is 1. The topological polar surface area (TPSA) is 71.5 Å². The van der Waals surface area contributed by atoms with Crippen molar-refractivity contribution in [2.24, 2.45) is 0 Å². The molecule has 0 fully saturated rings. The third kappa shape index (κ3) is 7.39. The highest BCUT2D eigenvalue weighted by Gasteiger charge is 2.13. The molecule has 1 amide bonds. The van der Waals surface area contributed by atoms with Gasteiger partial charge < -0.3 is 15.2 Å². The molecule has 5 nitrogen and oxygen atoms in total. The zero-order chi connectivity index (χ0) is 22.3. The Morgan fingerprint density at radius 3 is 2.55 bits per heavy atom. The third-order valence-corrected chi connectivity index (χ3v) is 5.05. The van der Waals surface area contributed by atoms with Crippen molar-refractivity contribution >= 4 is 17.5 Å². The number of hydrogen-bond donors (Lipinski definition) is 2. The predicted octanol–water partition coefficient (Wildman–Crippen LogP) is 4.80. The van der Waals surface area contributed by atoms with Crippen LogP contribution in [-0.4, -0.2) is 28.2 Å². The molecule has 0 saturated carbocycles. The van der Waals surface area contributed by atoms with Gasteiger partial charge in [0.2, 0.25) is 5.91 Å². The number of nitrogens with one attached hydrogen (secondary N) is 1. The number of carbonyl (C=O) groups is 1. The van der Waals surface area contributed by atoms with E-state index in [1.165, 1.54) is 0 Å². The zero-order valence-electron chi connectivity index (χ0n) is 17.8. The van der Waals surface area contributed by atoms with Gasteiger partial charge in [0.15, 0.2) is 0 Å². The lowest BCUT2D eigenvalue weighted by Gasteiger charge is -2.17. The summed E-state index contributed by atoms with van der Waals surface area (Å²) >= 11 is 6.44. The standard InChI is InChI=1S/C25H27ClN2O3/c1-25(2,30)12-13-31-21-10-11-22(23(26)15-21)19-8-9-20(27-17-19)14-24(29)28-16-18-6-4-3-5-7-18/h3-11,15,17,30H,12-14,16H2,1-2H3,(H,28,29). The van der Waals surface area contributed by atoms with Gasteiger partial charge in [0.25, 0.3) is 0 Å². The summed E-state index contributed by atoms with van der Waals surface area (Å²) in [5, 5.41) is 13.2. The molecule has 2 aromatic carbocycles. The first-order chi connectivity index (χ1) is 14.8. The van der Waals surface area contributed by atoms with Gasteiger partial charge in [0.05, 0.1) is 23.7 Å². The highest BCUT2D eigenvalue weighted by atomic mass is 35.5. The van der Waals surface area contributed by atoms with E-state index in [1.54, 1.807) is 26.1 Å². The van der Waals surface area contributed by atoms with Gasteiger partial charge in [0.1, 0.15) is 5.75 Å². The molecule has 6 heteroatoms. The Balaban J connectivity index is 1.56. The SMILES string of the molecule is CC(C)(O)CCOc1ccc(-c2ccc(CC(=O)NCc3ccccc3)nc2)c(Cl)c1. The van der Waals surface area contributed by atoms with Crippen LogP contribution >= 0.6 is 11.6 Å². The molecule has 0 radical (unpaired) electrons. The molecule has 31 heavy (non-hydrogen) atoms. The van der Waals surface area contributed by atoms with Crippen LogP contribution in [0.3, 0.4) is 0 Å².